The number of benzene rings is 2. The summed E-state index contributed by atoms with van der Waals surface area (Å²) in [5, 5.41) is 5.45. The molecule has 0 radical (unpaired) electrons. The van der Waals surface area contributed by atoms with E-state index in [1.807, 2.05) is 0 Å². The highest BCUT2D eigenvalue weighted by Crippen LogP contribution is 2.24. The van der Waals surface area contributed by atoms with E-state index in [0.29, 0.717) is 18.0 Å². The van der Waals surface area contributed by atoms with E-state index in [-0.39, 0.29) is 37.2 Å². The molecule has 2 aliphatic rings. The summed E-state index contributed by atoms with van der Waals surface area (Å²) in [5.74, 6) is -0.447. The molecule has 2 aromatic rings. The number of hydrogen-bond acceptors (Lipinski definition) is 6. The van der Waals surface area contributed by atoms with Gasteiger partial charge in [0.05, 0.1) is 18.1 Å². The lowest BCUT2D eigenvalue weighted by atomic mass is 10.2. The lowest BCUT2D eigenvalue weighted by Crippen LogP contribution is -2.62. The lowest BCUT2D eigenvalue weighted by molar-refractivity contribution is -0.126. The number of amides is 3. The SMILES string of the molecule is COc1ccc(S(=O)(=O)N2CCN(C(=O)Nc3ccc(F)cc3)CC2C(=O)NCC2CCCO2)cc1. The van der Waals surface area contributed by atoms with Crippen molar-refractivity contribution in [2.24, 2.45) is 0 Å². The van der Waals surface area contributed by atoms with Gasteiger partial charge in [0.2, 0.25) is 15.9 Å². The minimum Gasteiger partial charge on any atom is -0.497 e. The van der Waals surface area contributed by atoms with Gasteiger partial charge in [0.1, 0.15) is 17.6 Å². The number of nitrogens with zero attached hydrogens (tertiary/aromatic N) is 2. The molecule has 12 heteroatoms. The molecule has 2 unspecified atom stereocenters. The maximum atomic E-state index is 13.5. The van der Waals surface area contributed by atoms with Crippen molar-refractivity contribution in [3.05, 3.63) is 54.3 Å². The monoisotopic (exact) mass is 520 g/mol. The number of urea groups is 1. The molecule has 0 bridgehead atoms. The predicted molar refractivity (Wildman–Crippen MR) is 130 cm³/mol. The van der Waals surface area contributed by atoms with Crippen LogP contribution in [0.2, 0.25) is 0 Å². The number of nitrogens with one attached hydrogen (secondary N) is 2. The Morgan fingerprint density at radius 3 is 2.47 bits per heavy atom. The van der Waals surface area contributed by atoms with Crippen LogP contribution in [0.3, 0.4) is 0 Å². The summed E-state index contributed by atoms with van der Waals surface area (Å²) in [6.07, 6.45) is 1.59. The van der Waals surface area contributed by atoms with E-state index in [2.05, 4.69) is 10.6 Å². The van der Waals surface area contributed by atoms with E-state index in [1.54, 1.807) is 0 Å². The minimum absolute atomic E-state index is 0.0180. The highest BCUT2D eigenvalue weighted by molar-refractivity contribution is 7.89. The molecule has 4 rings (SSSR count). The first kappa shape index (κ1) is 25.9. The zero-order chi connectivity index (χ0) is 25.7. The van der Waals surface area contributed by atoms with E-state index >= 15 is 0 Å². The van der Waals surface area contributed by atoms with Crippen LogP contribution in [-0.2, 0) is 19.6 Å². The fraction of sp³-hybridized carbons (Fsp3) is 0.417. The first-order chi connectivity index (χ1) is 17.3. The van der Waals surface area contributed by atoms with E-state index in [1.165, 1.54) is 60.5 Å². The molecule has 0 spiro atoms. The van der Waals surface area contributed by atoms with Crippen LogP contribution in [0, 0.1) is 5.82 Å². The summed E-state index contributed by atoms with van der Waals surface area (Å²) < 4.78 is 52.0. The Kier molecular flexibility index (Phi) is 8.07. The quantitative estimate of drug-likeness (QED) is 0.577. The van der Waals surface area contributed by atoms with Crippen LogP contribution in [-0.4, -0.2) is 81.6 Å². The molecular formula is C24H29FN4O6S. The minimum atomic E-state index is -4.05. The molecule has 194 valence electrons. The number of anilines is 1. The summed E-state index contributed by atoms with van der Waals surface area (Å²) in [5.41, 5.74) is 0.383. The second-order valence-corrected chi connectivity index (χ2v) is 10.5. The van der Waals surface area contributed by atoms with Gasteiger partial charge in [0, 0.05) is 38.5 Å². The summed E-state index contributed by atoms with van der Waals surface area (Å²) in [7, 11) is -2.57. The fourth-order valence-electron chi connectivity index (χ4n) is 4.21. The Morgan fingerprint density at radius 2 is 1.83 bits per heavy atom. The van der Waals surface area contributed by atoms with Crippen molar-refractivity contribution < 1.29 is 31.9 Å². The van der Waals surface area contributed by atoms with Gasteiger partial charge in [0.15, 0.2) is 0 Å². The van der Waals surface area contributed by atoms with Crippen molar-refractivity contribution >= 4 is 27.6 Å². The summed E-state index contributed by atoms with van der Waals surface area (Å²) in [4.78, 5) is 27.5. The van der Waals surface area contributed by atoms with Gasteiger partial charge in [0.25, 0.3) is 0 Å². The topological polar surface area (TPSA) is 117 Å². The maximum Gasteiger partial charge on any atom is 0.321 e. The van der Waals surface area contributed by atoms with Crippen LogP contribution < -0.4 is 15.4 Å². The van der Waals surface area contributed by atoms with Gasteiger partial charge in [-0.25, -0.2) is 17.6 Å². The van der Waals surface area contributed by atoms with Crippen molar-refractivity contribution in [3.8, 4) is 5.75 Å². The van der Waals surface area contributed by atoms with Crippen LogP contribution >= 0.6 is 0 Å². The summed E-state index contributed by atoms with van der Waals surface area (Å²) in [6, 6.07) is 9.52. The first-order valence-electron chi connectivity index (χ1n) is 11.6. The smallest absolute Gasteiger partial charge is 0.321 e. The number of rotatable bonds is 7. The zero-order valence-corrected chi connectivity index (χ0v) is 20.7. The number of carbonyl (C=O) groups is 2. The van der Waals surface area contributed by atoms with Crippen LogP contribution in [0.4, 0.5) is 14.9 Å². The third-order valence-corrected chi connectivity index (χ3v) is 8.13. The van der Waals surface area contributed by atoms with Crippen molar-refractivity contribution in [3.63, 3.8) is 0 Å². The number of piperazine rings is 1. The van der Waals surface area contributed by atoms with Crippen LogP contribution in [0.15, 0.2) is 53.4 Å². The zero-order valence-electron chi connectivity index (χ0n) is 19.9. The summed E-state index contributed by atoms with van der Waals surface area (Å²) in [6.45, 7) is 0.716. The maximum absolute atomic E-state index is 13.5. The molecule has 0 aliphatic carbocycles. The molecule has 2 N–H and O–H groups in total. The second kappa shape index (κ2) is 11.2. The molecule has 2 heterocycles. The molecule has 0 aromatic heterocycles. The Labute approximate surface area is 209 Å². The predicted octanol–water partition coefficient (Wildman–Crippen LogP) is 2.04. The van der Waals surface area contributed by atoms with Crippen molar-refractivity contribution in [2.75, 3.05) is 45.2 Å². The normalized spacial score (nSPS) is 20.7. The Hall–Kier alpha value is -3.22. The number of carbonyl (C=O) groups excluding carboxylic acids is 2. The third-order valence-electron chi connectivity index (χ3n) is 6.21. The molecule has 3 amide bonds. The van der Waals surface area contributed by atoms with Crippen LogP contribution in [0.25, 0.3) is 0 Å². The molecule has 2 saturated heterocycles. The van der Waals surface area contributed by atoms with Gasteiger partial charge in [-0.1, -0.05) is 0 Å². The van der Waals surface area contributed by atoms with Gasteiger partial charge in [-0.15, -0.1) is 0 Å². The number of sulfonamides is 1. The third kappa shape index (κ3) is 5.94. The van der Waals surface area contributed by atoms with Gasteiger partial charge < -0.3 is 25.0 Å². The number of ether oxygens (including phenoxy) is 2. The van der Waals surface area contributed by atoms with E-state index < -0.39 is 33.8 Å². The average Bonchev–Trinajstić information content (AvgIpc) is 3.42. The molecule has 2 atom stereocenters. The van der Waals surface area contributed by atoms with Gasteiger partial charge >= 0.3 is 6.03 Å². The first-order valence-corrected chi connectivity index (χ1v) is 13.1. The van der Waals surface area contributed by atoms with E-state index in [4.69, 9.17) is 9.47 Å². The van der Waals surface area contributed by atoms with E-state index in [0.717, 1.165) is 17.1 Å². The largest absolute Gasteiger partial charge is 0.497 e. The Balaban J connectivity index is 1.53. The van der Waals surface area contributed by atoms with Crippen molar-refractivity contribution in [2.45, 2.75) is 29.9 Å². The van der Waals surface area contributed by atoms with Gasteiger partial charge in [-0.2, -0.15) is 4.31 Å². The molecule has 2 aliphatic heterocycles. The van der Waals surface area contributed by atoms with E-state index in [9.17, 15) is 22.4 Å². The number of hydrogen-bond donors (Lipinski definition) is 2. The fourth-order valence-corrected chi connectivity index (χ4v) is 5.78. The Morgan fingerprint density at radius 1 is 1.11 bits per heavy atom. The average molecular weight is 521 g/mol. The molecule has 36 heavy (non-hydrogen) atoms. The van der Waals surface area contributed by atoms with Crippen molar-refractivity contribution in [1.82, 2.24) is 14.5 Å². The van der Waals surface area contributed by atoms with Gasteiger partial charge in [-0.05, 0) is 61.4 Å². The molecule has 2 fully saturated rings. The highest BCUT2D eigenvalue weighted by Gasteiger charge is 2.41. The Bertz CT molecular complexity index is 1170. The van der Waals surface area contributed by atoms with Crippen molar-refractivity contribution in [1.29, 1.82) is 0 Å². The standard InChI is InChI=1S/C24H29FN4O6S/c1-34-19-8-10-21(11-9-19)36(32,33)29-13-12-28(24(31)27-18-6-4-17(25)5-7-18)16-22(29)23(30)26-15-20-3-2-14-35-20/h4-11,20,22H,2-3,12-16H2,1H3,(H,26,30)(H,27,31). The van der Waals surface area contributed by atoms with Gasteiger partial charge in [-0.3, -0.25) is 4.79 Å². The second-order valence-electron chi connectivity index (χ2n) is 8.57. The van der Waals surface area contributed by atoms with Crippen LogP contribution in [0.5, 0.6) is 5.75 Å². The number of halogens is 1. The molecule has 10 nitrogen and oxygen atoms in total. The lowest BCUT2D eigenvalue weighted by Gasteiger charge is -2.39. The van der Waals surface area contributed by atoms with Crippen LogP contribution in [0.1, 0.15) is 12.8 Å². The summed E-state index contributed by atoms with van der Waals surface area (Å²) >= 11 is 0. The molecule has 0 saturated carbocycles. The number of methoxy groups -OCH3 is 1. The highest BCUT2D eigenvalue weighted by atomic mass is 32.2. The molecule has 2 aromatic carbocycles. The molecular weight excluding hydrogens is 491 g/mol.